The van der Waals surface area contributed by atoms with Crippen LogP contribution in [0, 0.1) is 0 Å². The van der Waals surface area contributed by atoms with Gasteiger partial charge in [-0.3, -0.25) is 0 Å². The summed E-state index contributed by atoms with van der Waals surface area (Å²) >= 11 is 0. The largest absolute Gasteiger partial charge is 0.454 e. The molecule has 2 rings (SSSR count). The van der Waals surface area contributed by atoms with Gasteiger partial charge in [0.15, 0.2) is 0 Å². The van der Waals surface area contributed by atoms with E-state index in [1.54, 1.807) is 19.2 Å². The number of carbonyl (C=O) groups is 1. The Bertz CT molecular complexity index is 563. The molecule has 0 saturated carbocycles. The Morgan fingerprint density at radius 2 is 1.85 bits per heavy atom. The van der Waals surface area contributed by atoms with Gasteiger partial charge in [-0.05, 0) is 30.2 Å². The monoisotopic (exact) mass is 270 g/mol. The maximum absolute atomic E-state index is 12.1. The summed E-state index contributed by atoms with van der Waals surface area (Å²) < 4.78 is 10.5. The molecule has 20 heavy (non-hydrogen) atoms. The Labute approximate surface area is 119 Å². The van der Waals surface area contributed by atoms with Gasteiger partial charge in [-0.25, -0.2) is 4.79 Å². The predicted molar refractivity (Wildman–Crippen MR) is 77.4 cm³/mol. The first kappa shape index (κ1) is 14.3. The number of ether oxygens (including phenoxy) is 2. The van der Waals surface area contributed by atoms with Crippen molar-refractivity contribution in [2.45, 2.75) is 19.6 Å². The fraction of sp³-hybridized carbons (Fsp3) is 0.235. The number of rotatable bonds is 5. The summed E-state index contributed by atoms with van der Waals surface area (Å²) in [6.45, 7) is 2.35. The van der Waals surface area contributed by atoms with Gasteiger partial charge in [0.1, 0.15) is 6.10 Å². The number of hydrogen-bond acceptors (Lipinski definition) is 3. The van der Waals surface area contributed by atoms with E-state index in [2.05, 4.69) is 0 Å². The van der Waals surface area contributed by atoms with E-state index < -0.39 is 0 Å². The molecular weight excluding hydrogens is 252 g/mol. The lowest BCUT2D eigenvalue weighted by Gasteiger charge is -2.14. The first-order valence-electron chi connectivity index (χ1n) is 6.54. The molecule has 0 aliphatic rings. The minimum absolute atomic E-state index is 0.269. The zero-order chi connectivity index (χ0) is 14.4. The summed E-state index contributed by atoms with van der Waals surface area (Å²) in [5, 5.41) is 0. The van der Waals surface area contributed by atoms with Crippen LogP contribution in [0.5, 0.6) is 0 Å². The summed E-state index contributed by atoms with van der Waals surface area (Å²) in [7, 11) is 1.63. The van der Waals surface area contributed by atoms with Gasteiger partial charge in [0.25, 0.3) is 0 Å². The number of esters is 1. The smallest absolute Gasteiger partial charge is 0.338 e. The molecule has 0 aliphatic carbocycles. The summed E-state index contributed by atoms with van der Waals surface area (Å²) in [4.78, 5) is 12.1. The standard InChI is InChI=1S/C17H18O3/c1-13(15-8-4-3-5-9-15)20-17(18)16-10-6-7-14(11-16)12-19-2/h3-11,13H,12H2,1-2H3. The number of methoxy groups -OCH3 is 1. The third kappa shape index (κ3) is 3.68. The third-order valence-electron chi connectivity index (χ3n) is 3.03. The van der Waals surface area contributed by atoms with Crippen LogP contribution in [-0.2, 0) is 16.1 Å². The highest BCUT2D eigenvalue weighted by Gasteiger charge is 2.13. The van der Waals surface area contributed by atoms with E-state index in [4.69, 9.17) is 9.47 Å². The summed E-state index contributed by atoms with van der Waals surface area (Å²) in [5.41, 5.74) is 2.48. The molecule has 0 N–H and O–H groups in total. The molecule has 0 radical (unpaired) electrons. The average molecular weight is 270 g/mol. The summed E-state index contributed by atoms with van der Waals surface area (Å²) in [6.07, 6.45) is -0.269. The van der Waals surface area contributed by atoms with E-state index >= 15 is 0 Å². The lowest BCUT2D eigenvalue weighted by molar-refractivity contribution is 0.0337. The molecule has 0 heterocycles. The van der Waals surface area contributed by atoms with Crippen molar-refractivity contribution in [2.75, 3.05) is 7.11 Å². The first-order chi connectivity index (χ1) is 9.70. The number of benzene rings is 2. The van der Waals surface area contributed by atoms with Crippen LogP contribution in [0.25, 0.3) is 0 Å². The van der Waals surface area contributed by atoms with Crippen LogP contribution in [0.3, 0.4) is 0 Å². The van der Waals surface area contributed by atoms with E-state index in [1.807, 2.05) is 49.4 Å². The molecule has 0 fully saturated rings. The van der Waals surface area contributed by atoms with Crippen molar-refractivity contribution in [1.29, 1.82) is 0 Å². The summed E-state index contributed by atoms with van der Waals surface area (Å²) in [5.74, 6) is -0.320. The predicted octanol–water partition coefficient (Wildman–Crippen LogP) is 3.75. The molecule has 0 bridgehead atoms. The molecule has 0 spiro atoms. The fourth-order valence-electron chi connectivity index (χ4n) is 1.98. The first-order valence-corrected chi connectivity index (χ1v) is 6.54. The van der Waals surface area contributed by atoms with E-state index in [1.165, 1.54) is 0 Å². The molecule has 104 valence electrons. The Morgan fingerprint density at radius 1 is 1.10 bits per heavy atom. The fourth-order valence-corrected chi connectivity index (χ4v) is 1.98. The normalized spacial score (nSPS) is 11.9. The van der Waals surface area contributed by atoms with Gasteiger partial charge < -0.3 is 9.47 Å². The Morgan fingerprint density at radius 3 is 2.55 bits per heavy atom. The van der Waals surface area contributed by atoms with Gasteiger partial charge in [0, 0.05) is 7.11 Å². The minimum atomic E-state index is -0.320. The maximum atomic E-state index is 12.1. The molecule has 0 aromatic heterocycles. The van der Waals surface area contributed by atoms with Crippen LogP contribution < -0.4 is 0 Å². The SMILES string of the molecule is COCc1cccc(C(=O)OC(C)c2ccccc2)c1. The van der Waals surface area contributed by atoms with Gasteiger partial charge in [-0.2, -0.15) is 0 Å². The van der Waals surface area contributed by atoms with Crippen LogP contribution in [0.1, 0.15) is 34.5 Å². The minimum Gasteiger partial charge on any atom is -0.454 e. The van der Waals surface area contributed by atoms with Crippen molar-refractivity contribution in [3.8, 4) is 0 Å². The topological polar surface area (TPSA) is 35.5 Å². The van der Waals surface area contributed by atoms with E-state index in [9.17, 15) is 4.79 Å². The molecule has 2 aromatic rings. The van der Waals surface area contributed by atoms with Crippen molar-refractivity contribution in [3.63, 3.8) is 0 Å². The van der Waals surface area contributed by atoms with Crippen molar-refractivity contribution in [1.82, 2.24) is 0 Å². The highest BCUT2D eigenvalue weighted by Crippen LogP contribution is 2.18. The second-order valence-corrected chi connectivity index (χ2v) is 4.59. The van der Waals surface area contributed by atoms with Crippen LogP contribution in [0.15, 0.2) is 54.6 Å². The highest BCUT2D eigenvalue weighted by atomic mass is 16.5. The van der Waals surface area contributed by atoms with Crippen LogP contribution in [-0.4, -0.2) is 13.1 Å². The lowest BCUT2D eigenvalue weighted by atomic mass is 10.1. The molecular formula is C17H18O3. The van der Waals surface area contributed by atoms with Gasteiger partial charge in [0.2, 0.25) is 0 Å². The zero-order valence-electron chi connectivity index (χ0n) is 11.7. The van der Waals surface area contributed by atoms with Crippen molar-refractivity contribution >= 4 is 5.97 Å². The van der Waals surface area contributed by atoms with Crippen molar-refractivity contribution in [3.05, 3.63) is 71.3 Å². The number of carbonyl (C=O) groups excluding carboxylic acids is 1. The molecule has 3 heteroatoms. The molecule has 0 aliphatic heterocycles. The zero-order valence-corrected chi connectivity index (χ0v) is 11.7. The molecule has 3 nitrogen and oxygen atoms in total. The van der Waals surface area contributed by atoms with Crippen molar-refractivity contribution in [2.24, 2.45) is 0 Å². The average Bonchev–Trinajstić information content (AvgIpc) is 2.48. The molecule has 1 atom stereocenters. The second-order valence-electron chi connectivity index (χ2n) is 4.59. The molecule has 0 saturated heterocycles. The quantitative estimate of drug-likeness (QED) is 0.776. The van der Waals surface area contributed by atoms with Gasteiger partial charge in [-0.1, -0.05) is 42.5 Å². The summed E-state index contributed by atoms with van der Waals surface area (Å²) in [6, 6.07) is 17.0. The highest BCUT2D eigenvalue weighted by molar-refractivity contribution is 5.89. The van der Waals surface area contributed by atoms with Crippen LogP contribution in [0.4, 0.5) is 0 Å². The Hall–Kier alpha value is -2.13. The van der Waals surface area contributed by atoms with Crippen LogP contribution >= 0.6 is 0 Å². The lowest BCUT2D eigenvalue weighted by Crippen LogP contribution is -2.09. The molecule has 1 unspecified atom stereocenters. The number of hydrogen-bond donors (Lipinski definition) is 0. The van der Waals surface area contributed by atoms with E-state index in [-0.39, 0.29) is 12.1 Å². The maximum Gasteiger partial charge on any atom is 0.338 e. The third-order valence-corrected chi connectivity index (χ3v) is 3.03. The van der Waals surface area contributed by atoms with E-state index in [0.29, 0.717) is 12.2 Å². The van der Waals surface area contributed by atoms with Gasteiger partial charge >= 0.3 is 5.97 Å². The second kappa shape index (κ2) is 6.87. The van der Waals surface area contributed by atoms with Crippen LogP contribution in [0.2, 0.25) is 0 Å². The van der Waals surface area contributed by atoms with Gasteiger partial charge in [-0.15, -0.1) is 0 Å². The molecule has 0 amide bonds. The van der Waals surface area contributed by atoms with Crippen molar-refractivity contribution < 1.29 is 14.3 Å². The Balaban J connectivity index is 2.06. The van der Waals surface area contributed by atoms with Gasteiger partial charge in [0.05, 0.1) is 12.2 Å². The molecule has 2 aromatic carbocycles. The Kier molecular flexibility index (Phi) is 4.91. The van der Waals surface area contributed by atoms with E-state index in [0.717, 1.165) is 11.1 Å².